The van der Waals surface area contributed by atoms with Crippen molar-refractivity contribution in [1.82, 2.24) is 5.32 Å². The molecule has 1 aromatic carbocycles. The zero-order chi connectivity index (χ0) is 11.3. The fourth-order valence-electron chi connectivity index (χ4n) is 1.15. The molecule has 0 heterocycles. The fourth-order valence-corrected chi connectivity index (χ4v) is 1.15. The number of nitrogens with one attached hydrogen (secondary N) is 1. The van der Waals surface area contributed by atoms with Gasteiger partial charge in [-0.1, -0.05) is 12.0 Å². The highest BCUT2D eigenvalue weighted by atomic mass is 16.5. The summed E-state index contributed by atoms with van der Waals surface area (Å²) in [6.07, 6.45) is 5.03. The maximum atomic E-state index is 11.6. The lowest BCUT2D eigenvalue weighted by Crippen LogP contribution is -2.24. The van der Waals surface area contributed by atoms with Crippen molar-refractivity contribution in [3.63, 3.8) is 0 Å². The highest BCUT2D eigenvalue weighted by Gasteiger charge is 2.11. The second kappa shape index (κ2) is 4.91. The second-order valence-corrected chi connectivity index (χ2v) is 2.81. The van der Waals surface area contributed by atoms with Gasteiger partial charge < -0.3 is 15.8 Å². The zero-order valence-corrected chi connectivity index (χ0v) is 8.41. The Labute approximate surface area is 88.4 Å². The molecule has 1 amide bonds. The van der Waals surface area contributed by atoms with Crippen LogP contribution in [-0.2, 0) is 0 Å². The standard InChI is InChI=1S/C11H12N2O2/c1-3-7-13-11(14)8-5-4-6-9(15-2)10(8)12/h1,4-6H,7,12H2,2H3,(H,13,14). The van der Waals surface area contributed by atoms with Crippen LogP contribution in [0.1, 0.15) is 10.4 Å². The summed E-state index contributed by atoms with van der Waals surface area (Å²) in [5, 5.41) is 2.53. The Kier molecular flexibility index (Phi) is 3.58. The summed E-state index contributed by atoms with van der Waals surface area (Å²) in [6.45, 7) is 0.176. The van der Waals surface area contributed by atoms with Crippen molar-refractivity contribution in [2.24, 2.45) is 0 Å². The Balaban J connectivity index is 2.95. The van der Waals surface area contributed by atoms with Gasteiger partial charge in [-0.05, 0) is 12.1 Å². The number of amides is 1. The molecular weight excluding hydrogens is 192 g/mol. The van der Waals surface area contributed by atoms with E-state index in [1.165, 1.54) is 7.11 Å². The molecule has 0 spiro atoms. The molecule has 0 aliphatic heterocycles. The number of anilines is 1. The van der Waals surface area contributed by atoms with E-state index in [0.717, 1.165) is 0 Å². The summed E-state index contributed by atoms with van der Waals surface area (Å²) in [5.41, 5.74) is 6.41. The Morgan fingerprint density at radius 2 is 2.40 bits per heavy atom. The van der Waals surface area contributed by atoms with E-state index in [-0.39, 0.29) is 12.5 Å². The zero-order valence-electron chi connectivity index (χ0n) is 8.41. The van der Waals surface area contributed by atoms with Crippen LogP contribution in [0.4, 0.5) is 5.69 Å². The first-order valence-electron chi connectivity index (χ1n) is 4.34. The highest BCUT2D eigenvalue weighted by molar-refractivity contribution is 6.00. The third-order valence-corrected chi connectivity index (χ3v) is 1.88. The smallest absolute Gasteiger partial charge is 0.254 e. The largest absolute Gasteiger partial charge is 0.495 e. The van der Waals surface area contributed by atoms with Crippen LogP contribution < -0.4 is 15.8 Å². The fraction of sp³-hybridized carbons (Fsp3) is 0.182. The minimum absolute atomic E-state index is 0.176. The molecule has 0 bridgehead atoms. The van der Waals surface area contributed by atoms with Crippen LogP contribution in [0.2, 0.25) is 0 Å². The predicted octanol–water partition coefficient (Wildman–Crippen LogP) is 0.640. The van der Waals surface area contributed by atoms with E-state index in [2.05, 4.69) is 11.2 Å². The first-order valence-corrected chi connectivity index (χ1v) is 4.34. The molecule has 0 unspecified atom stereocenters. The van der Waals surface area contributed by atoms with E-state index in [1.54, 1.807) is 18.2 Å². The number of methoxy groups -OCH3 is 1. The summed E-state index contributed by atoms with van der Waals surface area (Å²) in [6, 6.07) is 5.00. The number of para-hydroxylation sites is 1. The lowest BCUT2D eigenvalue weighted by atomic mass is 10.1. The molecule has 0 saturated carbocycles. The van der Waals surface area contributed by atoms with Gasteiger partial charge in [0.25, 0.3) is 5.91 Å². The molecule has 0 atom stereocenters. The summed E-state index contributed by atoms with van der Waals surface area (Å²) in [5.74, 6) is 2.49. The number of hydrogen-bond acceptors (Lipinski definition) is 3. The molecule has 0 aromatic heterocycles. The molecule has 15 heavy (non-hydrogen) atoms. The van der Waals surface area contributed by atoms with Crippen LogP contribution in [0.5, 0.6) is 5.75 Å². The maximum absolute atomic E-state index is 11.6. The molecule has 0 fully saturated rings. The van der Waals surface area contributed by atoms with Gasteiger partial charge in [-0.15, -0.1) is 6.42 Å². The Bertz CT molecular complexity index is 408. The van der Waals surface area contributed by atoms with Gasteiger partial charge in [-0.25, -0.2) is 0 Å². The summed E-state index contributed by atoms with van der Waals surface area (Å²) < 4.78 is 4.99. The van der Waals surface area contributed by atoms with Crippen LogP contribution in [0, 0.1) is 12.3 Å². The minimum atomic E-state index is -0.302. The number of nitrogen functional groups attached to an aromatic ring is 1. The van der Waals surface area contributed by atoms with Crippen LogP contribution in [-0.4, -0.2) is 19.6 Å². The molecule has 0 saturated heterocycles. The third kappa shape index (κ3) is 2.41. The quantitative estimate of drug-likeness (QED) is 0.561. The first-order chi connectivity index (χ1) is 7.20. The highest BCUT2D eigenvalue weighted by Crippen LogP contribution is 2.24. The van der Waals surface area contributed by atoms with Crippen molar-refractivity contribution in [3.8, 4) is 18.1 Å². The monoisotopic (exact) mass is 204 g/mol. The van der Waals surface area contributed by atoms with Gasteiger partial charge in [0.2, 0.25) is 0 Å². The Morgan fingerprint density at radius 3 is 3.00 bits per heavy atom. The topological polar surface area (TPSA) is 64.3 Å². The molecule has 4 heteroatoms. The molecule has 78 valence electrons. The molecular formula is C11H12N2O2. The number of nitrogens with two attached hydrogens (primary N) is 1. The lowest BCUT2D eigenvalue weighted by molar-refractivity contribution is 0.0959. The molecule has 0 aliphatic carbocycles. The maximum Gasteiger partial charge on any atom is 0.254 e. The molecule has 1 rings (SSSR count). The number of hydrogen-bond donors (Lipinski definition) is 2. The van der Waals surface area contributed by atoms with Crippen LogP contribution in [0.25, 0.3) is 0 Å². The number of rotatable bonds is 3. The van der Waals surface area contributed by atoms with Gasteiger partial charge in [0, 0.05) is 0 Å². The number of terminal acetylenes is 1. The van der Waals surface area contributed by atoms with Gasteiger partial charge in [0.05, 0.1) is 24.9 Å². The van der Waals surface area contributed by atoms with E-state index in [0.29, 0.717) is 17.0 Å². The average Bonchev–Trinajstić information content (AvgIpc) is 2.26. The predicted molar refractivity (Wildman–Crippen MR) is 58.6 cm³/mol. The van der Waals surface area contributed by atoms with Gasteiger partial charge in [0.15, 0.2) is 0 Å². The average molecular weight is 204 g/mol. The normalized spacial score (nSPS) is 9.07. The van der Waals surface area contributed by atoms with Gasteiger partial charge >= 0.3 is 0 Å². The van der Waals surface area contributed by atoms with Crippen LogP contribution in [0.15, 0.2) is 18.2 Å². The molecule has 4 nitrogen and oxygen atoms in total. The third-order valence-electron chi connectivity index (χ3n) is 1.88. The Hall–Kier alpha value is -2.15. The lowest BCUT2D eigenvalue weighted by Gasteiger charge is -2.08. The van der Waals surface area contributed by atoms with Crippen LogP contribution in [0.3, 0.4) is 0 Å². The van der Waals surface area contributed by atoms with E-state index in [9.17, 15) is 4.79 Å². The molecule has 0 radical (unpaired) electrons. The van der Waals surface area contributed by atoms with Crippen LogP contribution >= 0.6 is 0 Å². The Morgan fingerprint density at radius 1 is 1.67 bits per heavy atom. The summed E-state index contributed by atoms with van der Waals surface area (Å²) in [7, 11) is 1.49. The van der Waals surface area contributed by atoms with Gasteiger partial charge in [-0.2, -0.15) is 0 Å². The minimum Gasteiger partial charge on any atom is -0.495 e. The number of carbonyl (C=O) groups is 1. The molecule has 3 N–H and O–H groups in total. The van der Waals surface area contributed by atoms with Gasteiger partial charge in [-0.3, -0.25) is 4.79 Å². The van der Waals surface area contributed by atoms with E-state index in [4.69, 9.17) is 16.9 Å². The summed E-state index contributed by atoms with van der Waals surface area (Å²) in [4.78, 5) is 11.6. The van der Waals surface area contributed by atoms with Gasteiger partial charge in [0.1, 0.15) is 5.75 Å². The van der Waals surface area contributed by atoms with Crippen molar-refractivity contribution in [1.29, 1.82) is 0 Å². The molecule has 0 aliphatic rings. The van der Waals surface area contributed by atoms with Crippen molar-refractivity contribution in [2.45, 2.75) is 0 Å². The van der Waals surface area contributed by atoms with E-state index >= 15 is 0 Å². The van der Waals surface area contributed by atoms with E-state index in [1.807, 2.05) is 0 Å². The number of benzene rings is 1. The number of ether oxygens (including phenoxy) is 1. The van der Waals surface area contributed by atoms with Crippen molar-refractivity contribution in [2.75, 3.05) is 19.4 Å². The van der Waals surface area contributed by atoms with E-state index < -0.39 is 0 Å². The molecule has 1 aromatic rings. The summed E-state index contributed by atoms with van der Waals surface area (Å²) >= 11 is 0. The van der Waals surface area contributed by atoms with Crippen molar-refractivity contribution in [3.05, 3.63) is 23.8 Å². The SMILES string of the molecule is C#CCNC(=O)c1cccc(OC)c1N. The second-order valence-electron chi connectivity index (χ2n) is 2.81. The first kappa shape index (κ1) is 10.9. The number of carbonyl (C=O) groups excluding carboxylic acids is 1. The van der Waals surface area contributed by atoms with Crippen molar-refractivity contribution < 1.29 is 9.53 Å². The van der Waals surface area contributed by atoms with Crippen molar-refractivity contribution >= 4 is 11.6 Å².